The van der Waals surface area contributed by atoms with E-state index in [-0.39, 0.29) is 6.10 Å². The van der Waals surface area contributed by atoms with E-state index in [4.69, 9.17) is 5.11 Å². The maximum atomic E-state index is 9.14. The van der Waals surface area contributed by atoms with Crippen molar-refractivity contribution in [3.63, 3.8) is 0 Å². The van der Waals surface area contributed by atoms with Crippen molar-refractivity contribution < 1.29 is 5.11 Å². The highest BCUT2D eigenvalue weighted by Gasteiger charge is 2.18. The molecule has 1 heteroatoms. The second-order valence-electron chi connectivity index (χ2n) is 2.99. The molecule has 0 heterocycles. The van der Waals surface area contributed by atoms with E-state index in [2.05, 4.69) is 13.5 Å². The second kappa shape index (κ2) is 2.53. The third-order valence-corrected chi connectivity index (χ3v) is 2.13. The van der Waals surface area contributed by atoms with Crippen LogP contribution in [0.25, 0.3) is 0 Å². The monoisotopic (exact) mass is 126 g/mol. The summed E-state index contributed by atoms with van der Waals surface area (Å²) in [5.74, 6) is 0.633. The Balaban J connectivity index is 2.44. The molecular formula is C8H14O. The lowest BCUT2D eigenvalue weighted by Gasteiger charge is -2.24. The molecule has 1 aliphatic rings. The summed E-state index contributed by atoms with van der Waals surface area (Å²) in [5, 5.41) is 9.14. The highest BCUT2D eigenvalue weighted by molar-refractivity contribution is 5.03. The van der Waals surface area contributed by atoms with Gasteiger partial charge in [0.2, 0.25) is 0 Å². The second-order valence-corrected chi connectivity index (χ2v) is 2.99. The maximum Gasteiger partial charge on any atom is 0.0577 e. The largest absolute Gasteiger partial charge is 0.393 e. The topological polar surface area (TPSA) is 20.2 Å². The fraction of sp³-hybridized carbons (Fsp3) is 0.750. The number of aliphatic hydroxyl groups is 1. The summed E-state index contributed by atoms with van der Waals surface area (Å²) < 4.78 is 0. The summed E-state index contributed by atoms with van der Waals surface area (Å²) in [5.41, 5.74) is 1.22. The average molecular weight is 126 g/mol. The van der Waals surface area contributed by atoms with E-state index in [0.29, 0.717) is 5.92 Å². The van der Waals surface area contributed by atoms with Gasteiger partial charge in [-0.15, -0.1) is 0 Å². The van der Waals surface area contributed by atoms with Crippen LogP contribution in [0.2, 0.25) is 0 Å². The molecule has 0 bridgehead atoms. The van der Waals surface area contributed by atoms with E-state index >= 15 is 0 Å². The first-order valence-electron chi connectivity index (χ1n) is 3.56. The van der Waals surface area contributed by atoms with Gasteiger partial charge < -0.3 is 5.11 Å². The third kappa shape index (κ3) is 1.55. The molecule has 0 saturated heterocycles. The molecule has 1 aliphatic carbocycles. The first-order valence-corrected chi connectivity index (χ1v) is 3.56. The first kappa shape index (κ1) is 6.81. The summed E-state index contributed by atoms with van der Waals surface area (Å²) in [4.78, 5) is 0. The van der Waals surface area contributed by atoms with Crippen LogP contribution in [0.3, 0.4) is 0 Å². The summed E-state index contributed by atoms with van der Waals surface area (Å²) in [6.07, 6.45) is 2.79. The standard InChI is InChI=1S/C8H14O/c1-6-3-4-8(9)5-7(6)2/h6,8-9H,2-5H2,1H3/t6-,8-/m0/s1. The zero-order valence-corrected chi connectivity index (χ0v) is 5.93. The van der Waals surface area contributed by atoms with E-state index in [1.54, 1.807) is 0 Å². The summed E-state index contributed by atoms with van der Waals surface area (Å²) in [6.45, 7) is 6.06. The molecule has 9 heavy (non-hydrogen) atoms. The number of hydrogen-bond donors (Lipinski definition) is 1. The lowest BCUT2D eigenvalue weighted by Crippen LogP contribution is -2.18. The average Bonchev–Trinajstić information content (AvgIpc) is 1.80. The van der Waals surface area contributed by atoms with Crippen molar-refractivity contribution in [3.8, 4) is 0 Å². The van der Waals surface area contributed by atoms with E-state index < -0.39 is 0 Å². The van der Waals surface area contributed by atoms with Gasteiger partial charge in [0.15, 0.2) is 0 Å². The Morgan fingerprint density at radius 1 is 1.56 bits per heavy atom. The van der Waals surface area contributed by atoms with Crippen molar-refractivity contribution >= 4 is 0 Å². The normalized spacial score (nSPS) is 36.9. The van der Waals surface area contributed by atoms with Gasteiger partial charge in [-0.3, -0.25) is 0 Å². The van der Waals surface area contributed by atoms with Crippen LogP contribution < -0.4 is 0 Å². The Morgan fingerprint density at radius 2 is 2.22 bits per heavy atom. The molecular weight excluding hydrogens is 112 g/mol. The van der Waals surface area contributed by atoms with Crippen molar-refractivity contribution in [1.82, 2.24) is 0 Å². The smallest absolute Gasteiger partial charge is 0.0577 e. The van der Waals surface area contributed by atoms with Gasteiger partial charge in [0.1, 0.15) is 0 Å². The predicted octanol–water partition coefficient (Wildman–Crippen LogP) is 1.72. The van der Waals surface area contributed by atoms with Crippen molar-refractivity contribution in [2.45, 2.75) is 32.3 Å². The molecule has 52 valence electrons. The molecule has 0 unspecified atom stereocenters. The molecule has 0 spiro atoms. The van der Waals surface area contributed by atoms with Gasteiger partial charge in [0, 0.05) is 0 Å². The Morgan fingerprint density at radius 3 is 2.67 bits per heavy atom. The number of hydrogen-bond acceptors (Lipinski definition) is 1. The van der Waals surface area contributed by atoms with Gasteiger partial charge in [-0.25, -0.2) is 0 Å². The summed E-state index contributed by atoms with van der Waals surface area (Å²) in [7, 11) is 0. The van der Waals surface area contributed by atoms with Crippen molar-refractivity contribution in [1.29, 1.82) is 0 Å². The van der Waals surface area contributed by atoms with Crippen LogP contribution in [0.15, 0.2) is 12.2 Å². The Labute approximate surface area is 56.4 Å². The van der Waals surface area contributed by atoms with Crippen LogP contribution in [0, 0.1) is 5.92 Å². The molecule has 0 radical (unpaired) electrons. The van der Waals surface area contributed by atoms with Crippen LogP contribution in [0.5, 0.6) is 0 Å². The Kier molecular flexibility index (Phi) is 1.91. The molecule has 0 aromatic carbocycles. The molecule has 1 nitrogen and oxygen atoms in total. The number of rotatable bonds is 0. The first-order chi connectivity index (χ1) is 4.20. The zero-order chi connectivity index (χ0) is 6.85. The highest BCUT2D eigenvalue weighted by atomic mass is 16.3. The van der Waals surface area contributed by atoms with Gasteiger partial charge in [0.05, 0.1) is 6.10 Å². The lowest BCUT2D eigenvalue weighted by atomic mass is 9.85. The van der Waals surface area contributed by atoms with Gasteiger partial charge >= 0.3 is 0 Å². The summed E-state index contributed by atoms with van der Waals surface area (Å²) in [6, 6.07) is 0. The predicted molar refractivity (Wildman–Crippen MR) is 38.2 cm³/mol. The maximum absolute atomic E-state index is 9.14. The van der Waals surface area contributed by atoms with Gasteiger partial charge in [-0.1, -0.05) is 19.1 Å². The van der Waals surface area contributed by atoms with Crippen LogP contribution in [-0.2, 0) is 0 Å². The number of aliphatic hydroxyl groups excluding tert-OH is 1. The van der Waals surface area contributed by atoms with Crippen molar-refractivity contribution in [2.24, 2.45) is 5.92 Å². The van der Waals surface area contributed by atoms with Crippen LogP contribution in [0.4, 0.5) is 0 Å². The molecule has 1 rings (SSSR count). The lowest BCUT2D eigenvalue weighted by molar-refractivity contribution is 0.138. The van der Waals surface area contributed by atoms with Gasteiger partial charge in [0.25, 0.3) is 0 Å². The zero-order valence-electron chi connectivity index (χ0n) is 5.93. The van der Waals surface area contributed by atoms with Crippen LogP contribution >= 0.6 is 0 Å². The third-order valence-electron chi connectivity index (χ3n) is 2.13. The van der Waals surface area contributed by atoms with Crippen LogP contribution in [-0.4, -0.2) is 11.2 Å². The van der Waals surface area contributed by atoms with E-state index in [0.717, 1.165) is 19.3 Å². The minimum Gasteiger partial charge on any atom is -0.393 e. The highest BCUT2D eigenvalue weighted by Crippen LogP contribution is 2.27. The van der Waals surface area contributed by atoms with Crippen molar-refractivity contribution in [2.75, 3.05) is 0 Å². The molecule has 0 aromatic heterocycles. The van der Waals surface area contributed by atoms with E-state index in [1.807, 2.05) is 0 Å². The molecule has 1 N–H and O–H groups in total. The Bertz CT molecular complexity index is 118. The van der Waals surface area contributed by atoms with Gasteiger partial charge in [-0.2, -0.15) is 0 Å². The molecule has 2 atom stereocenters. The van der Waals surface area contributed by atoms with Gasteiger partial charge in [-0.05, 0) is 25.2 Å². The minimum absolute atomic E-state index is 0.103. The summed E-state index contributed by atoms with van der Waals surface area (Å²) >= 11 is 0. The molecule has 0 aromatic rings. The molecule has 0 aliphatic heterocycles. The molecule has 1 fully saturated rings. The Hall–Kier alpha value is -0.300. The quantitative estimate of drug-likeness (QED) is 0.490. The van der Waals surface area contributed by atoms with E-state index in [1.165, 1.54) is 5.57 Å². The molecule has 0 amide bonds. The van der Waals surface area contributed by atoms with Crippen LogP contribution in [0.1, 0.15) is 26.2 Å². The SMILES string of the molecule is C=C1C[C@@H](O)CC[C@@H]1C. The molecule has 1 saturated carbocycles. The van der Waals surface area contributed by atoms with Crippen molar-refractivity contribution in [3.05, 3.63) is 12.2 Å². The minimum atomic E-state index is -0.103. The fourth-order valence-electron chi connectivity index (χ4n) is 1.25. The van der Waals surface area contributed by atoms with E-state index in [9.17, 15) is 0 Å². The fourth-order valence-corrected chi connectivity index (χ4v) is 1.25.